The molecule has 254 valence electrons. The van der Waals surface area contributed by atoms with Gasteiger partial charge in [-0.25, -0.2) is 0 Å². The molecule has 0 N–H and O–H groups in total. The molecule has 0 atom stereocenters. The predicted molar refractivity (Wildman–Crippen MR) is 230 cm³/mol. The van der Waals surface area contributed by atoms with Crippen molar-refractivity contribution in [2.24, 2.45) is 0 Å². The monoisotopic (exact) mass is 698 g/mol. The molecule has 0 aliphatic heterocycles. The molecule has 0 amide bonds. The van der Waals surface area contributed by atoms with Crippen molar-refractivity contribution < 1.29 is 4.42 Å². The normalized spacial score (nSPS) is 12.4. The maximum absolute atomic E-state index is 6.85. The summed E-state index contributed by atoms with van der Waals surface area (Å²) in [6.45, 7) is 0. The highest BCUT2D eigenvalue weighted by Crippen LogP contribution is 2.50. The summed E-state index contributed by atoms with van der Waals surface area (Å²) in [5, 5.41) is 9.66. The van der Waals surface area contributed by atoms with Crippen molar-refractivity contribution in [1.82, 2.24) is 9.13 Å². The van der Waals surface area contributed by atoms with Gasteiger partial charge < -0.3 is 13.6 Å². The lowest BCUT2D eigenvalue weighted by Gasteiger charge is -2.12. The third-order valence-corrected chi connectivity index (χ3v) is 12.0. The molecule has 3 aromatic heterocycles. The molecule has 0 saturated heterocycles. The minimum absolute atomic E-state index is 0.904. The van der Waals surface area contributed by atoms with Crippen molar-refractivity contribution in [2.45, 2.75) is 0 Å². The molecular weight excluding hydrogens is 669 g/mol. The summed E-state index contributed by atoms with van der Waals surface area (Å²) >= 11 is 0. The molecule has 0 spiro atoms. The van der Waals surface area contributed by atoms with E-state index in [4.69, 9.17) is 4.42 Å². The number of hydrogen-bond acceptors (Lipinski definition) is 1. The molecule has 3 nitrogen and oxygen atoms in total. The molecule has 0 bridgehead atoms. The zero-order valence-corrected chi connectivity index (χ0v) is 29.6. The van der Waals surface area contributed by atoms with Crippen LogP contribution < -0.4 is 0 Å². The number of para-hydroxylation sites is 2. The van der Waals surface area contributed by atoms with E-state index in [0.29, 0.717) is 0 Å². The van der Waals surface area contributed by atoms with Gasteiger partial charge in [0, 0.05) is 38.3 Å². The molecule has 0 unspecified atom stereocenters. The second-order valence-corrected chi connectivity index (χ2v) is 14.8. The third kappa shape index (κ3) is 3.84. The molecule has 55 heavy (non-hydrogen) atoms. The van der Waals surface area contributed by atoms with E-state index in [-0.39, 0.29) is 0 Å². The highest BCUT2D eigenvalue weighted by atomic mass is 16.3. The van der Waals surface area contributed by atoms with Gasteiger partial charge in [0.05, 0.1) is 27.5 Å². The molecule has 9 aromatic carbocycles. The van der Waals surface area contributed by atoms with Gasteiger partial charge in [-0.1, -0.05) is 121 Å². The minimum Gasteiger partial charge on any atom is -0.455 e. The Kier molecular flexibility index (Phi) is 5.63. The van der Waals surface area contributed by atoms with Gasteiger partial charge in [0.15, 0.2) is 0 Å². The number of aromatic nitrogens is 2. The maximum Gasteiger partial charge on any atom is 0.145 e. The van der Waals surface area contributed by atoms with Crippen LogP contribution in [-0.2, 0) is 0 Å². The van der Waals surface area contributed by atoms with Gasteiger partial charge in [-0.3, -0.25) is 0 Å². The van der Waals surface area contributed by atoms with Crippen molar-refractivity contribution in [3.63, 3.8) is 0 Å². The molecule has 3 heterocycles. The summed E-state index contributed by atoms with van der Waals surface area (Å²) in [6, 6.07) is 66.4. The van der Waals surface area contributed by atoms with E-state index in [1.54, 1.807) is 0 Å². The average Bonchev–Trinajstić information content (AvgIpc) is 3.98. The van der Waals surface area contributed by atoms with Gasteiger partial charge in [-0.05, 0) is 105 Å². The fourth-order valence-electron chi connectivity index (χ4n) is 9.75. The summed E-state index contributed by atoms with van der Waals surface area (Å²) in [5.74, 6) is 0. The fourth-order valence-corrected chi connectivity index (χ4v) is 9.75. The first-order chi connectivity index (χ1) is 27.3. The first-order valence-electron chi connectivity index (χ1n) is 18.9. The Morgan fingerprint density at radius 3 is 1.82 bits per heavy atom. The molecular formula is C52H30N2O. The van der Waals surface area contributed by atoms with Crippen LogP contribution in [0.25, 0.3) is 121 Å². The van der Waals surface area contributed by atoms with Crippen LogP contribution in [0, 0.1) is 0 Å². The second-order valence-electron chi connectivity index (χ2n) is 14.8. The molecule has 1 aliphatic carbocycles. The maximum atomic E-state index is 6.85. The standard InChI is InChI=1S/C52H30N2O/c1-2-11-31(12-3-1)32-21-23-34(24-22-32)53-45-28-27-44-49(50(45)51-46(53)26-25-40-38-16-7-9-20-47(38)55-52(40)51)41-17-6-8-19-43(41)54(44)35-29-33-13-10-18-39-36-14-4-5-15-37(36)42(30-35)48(33)39/h1-30H. The molecule has 0 fully saturated rings. The van der Waals surface area contributed by atoms with Gasteiger partial charge >= 0.3 is 0 Å². The van der Waals surface area contributed by atoms with Gasteiger partial charge in [0.25, 0.3) is 0 Å². The average molecular weight is 699 g/mol. The van der Waals surface area contributed by atoms with Crippen molar-refractivity contribution in [3.8, 4) is 44.8 Å². The largest absolute Gasteiger partial charge is 0.455 e. The number of rotatable bonds is 3. The zero-order chi connectivity index (χ0) is 35.8. The first kappa shape index (κ1) is 29.1. The smallest absolute Gasteiger partial charge is 0.145 e. The molecule has 1 aliphatic rings. The predicted octanol–water partition coefficient (Wildman–Crippen LogP) is 14.2. The SMILES string of the molecule is c1ccc(-c2ccc(-n3c4ccc5c6ccccc6oc5c4c4c5c6ccccc6n(-c6cc7c8c(cccc8c6)-c6ccccc6-7)c5ccc43)cc2)cc1. The first-order valence-corrected chi connectivity index (χ1v) is 18.9. The molecule has 13 rings (SSSR count). The van der Waals surface area contributed by atoms with Crippen LogP contribution in [0.5, 0.6) is 0 Å². The Balaban J connectivity index is 1.16. The van der Waals surface area contributed by atoms with Crippen LogP contribution in [-0.4, -0.2) is 9.13 Å². The van der Waals surface area contributed by atoms with Crippen LogP contribution >= 0.6 is 0 Å². The Morgan fingerprint density at radius 1 is 0.327 bits per heavy atom. The van der Waals surface area contributed by atoms with Gasteiger partial charge in [-0.15, -0.1) is 0 Å². The number of fused-ring (bicyclic) bond motifs is 14. The van der Waals surface area contributed by atoms with E-state index in [1.807, 2.05) is 0 Å². The Hall–Kier alpha value is -7.36. The topological polar surface area (TPSA) is 23.0 Å². The summed E-state index contributed by atoms with van der Waals surface area (Å²) in [6.07, 6.45) is 0. The lowest BCUT2D eigenvalue weighted by atomic mass is 10.0. The lowest BCUT2D eigenvalue weighted by Crippen LogP contribution is -1.95. The van der Waals surface area contributed by atoms with E-state index in [0.717, 1.165) is 49.7 Å². The molecule has 3 heteroatoms. The van der Waals surface area contributed by atoms with Gasteiger partial charge in [0.1, 0.15) is 11.2 Å². The van der Waals surface area contributed by atoms with Gasteiger partial charge in [-0.2, -0.15) is 0 Å². The molecule has 0 radical (unpaired) electrons. The summed E-state index contributed by atoms with van der Waals surface area (Å²) < 4.78 is 11.7. The summed E-state index contributed by atoms with van der Waals surface area (Å²) in [7, 11) is 0. The van der Waals surface area contributed by atoms with Crippen molar-refractivity contribution in [2.75, 3.05) is 0 Å². The van der Waals surface area contributed by atoms with Crippen LogP contribution in [0.4, 0.5) is 0 Å². The van der Waals surface area contributed by atoms with Crippen LogP contribution in [0.15, 0.2) is 186 Å². The Morgan fingerprint density at radius 2 is 0.964 bits per heavy atom. The summed E-state index contributed by atoms with van der Waals surface area (Å²) in [4.78, 5) is 0. The number of benzene rings is 9. The van der Waals surface area contributed by atoms with Crippen LogP contribution in [0.2, 0.25) is 0 Å². The van der Waals surface area contributed by atoms with Crippen molar-refractivity contribution in [3.05, 3.63) is 182 Å². The third-order valence-electron chi connectivity index (χ3n) is 12.0. The van der Waals surface area contributed by atoms with Crippen molar-refractivity contribution in [1.29, 1.82) is 0 Å². The van der Waals surface area contributed by atoms with Crippen LogP contribution in [0.3, 0.4) is 0 Å². The summed E-state index contributed by atoms with van der Waals surface area (Å²) in [5.41, 5.74) is 16.4. The van der Waals surface area contributed by atoms with E-state index in [1.165, 1.54) is 71.3 Å². The zero-order valence-electron chi connectivity index (χ0n) is 29.6. The highest BCUT2D eigenvalue weighted by Gasteiger charge is 2.26. The molecule has 0 saturated carbocycles. The fraction of sp³-hybridized carbons (Fsp3) is 0. The van der Waals surface area contributed by atoms with Crippen molar-refractivity contribution >= 4 is 76.3 Å². The Bertz CT molecular complexity index is 3580. The molecule has 12 aromatic rings. The number of nitrogens with zero attached hydrogens (tertiary/aromatic N) is 2. The van der Waals surface area contributed by atoms with E-state index in [9.17, 15) is 0 Å². The Labute approximate surface area is 315 Å². The lowest BCUT2D eigenvalue weighted by molar-refractivity contribution is 0.673. The highest BCUT2D eigenvalue weighted by molar-refractivity contribution is 6.34. The number of hydrogen-bond donors (Lipinski definition) is 0. The minimum atomic E-state index is 0.904. The van der Waals surface area contributed by atoms with E-state index < -0.39 is 0 Å². The van der Waals surface area contributed by atoms with Crippen LogP contribution in [0.1, 0.15) is 0 Å². The second kappa shape index (κ2) is 10.6. The number of furan rings is 1. The van der Waals surface area contributed by atoms with E-state index in [2.05, 4.69) is 191 Å². The van der Waals surface area contributed by atoms with Gasteiger partial charge in [0.2, 0.25) is 0 Å². The quantitative estimate of drug-likeness (QED) is 0.180. The van der Waals surface area contributed by atoms with E-state index >= 15 is 0 Å².